The van der Waals surface area contributed by atoms with E-state index in [2.05, 4.69) is 22.9 Å². The number of benzene rings is 3. The van der Waals surface area contributed by atoms with Gasteiger partial charge in [0.2, 0.25) is 0 Å². The van der Waals surface area contributed by atoms with E-state index in [4.69, 9.17) is 16.3 Å². The number of ether oxygens (including phenoxy) is 1. The summed E-state index contributed by atoms with van der Waals surface area (Å²) in [7, 11) is 0. The van der Waals surface area contributed by atoms with Gasteiger partial charge in [0.25, 0.3) is 11.6 Å². The van der Waals surface area contributed by atoms with E-state index in [-0.39, 0.29) is 16.3 Å². The largest absolute Gasteiger partial charge is 0.449 e. The Morgan fingerprint density at radius 3 is 2.55 bits per heavy atom. The Balaban J connectivity index is 1.53. The molecule has 8 nitrogen and oxygen atoms in total. The molecule has 0 aliphatic rings. The van der Waals surface area contributed by atoms with Gasteiger partial charge in [-0.05, 0) is 44.2 Å². The van der Waals surface area contributed by atoms with E-state index in [1.807, 2.05) is 30.3 Å². The van der Waals surface area contributed by atoms with Crippen LogP contribution in [0.1, 0.15) is 24.2 Å². The van der Waals surface area contributed by atoms with Gasteiger partial charge < -0.3 is 14.6 Å². The van der Waals surface area contributed by atoms with Gasteiger partial charge in [-0.3, -0.25) is 14.9 Å². The van der Waals surface area contributed by atoms with Crippen molar-refractivity contribution in [1.29, 1.82) is 0 Å². The van der Waals surface area contributed by atoms with Crippen molar-refractivity contribution in [3.05, 3.63) is 81.4 Å². The number of anilines is 1. The Kier molecular flexibility index (Phi) is 6.02. The molecule has 1 atom stereocenters. The first kappa shape index (κ1) is 22.3. The van der Waals surface area contributed by atoms with Gasteiger partial charge in [-0.15, -0.1) is 0 Å². The molecule has 33 heavy (non-hydrogen) atoms. The van der Waals surface area contributed by atoms with Gasteiger partial charge in [-0.25, -0.2) is 4.79 Å². The lowest BCUT2D eigenvalue weighted by atomic mass is 10.1. The Morgan fingerprint density at radius 1 is 1.09 bits per heavy atom. The third-order valence-corrected chi connectivity index (χ3v) is 5.72. The minimum absolute atomic E-state index is 0.00373. The topological polar surface area (TPSA) is 103 Å². The highest BCUT2D eigenvalue weighted by Gasteiger charge is 2.23. The minimum atomic E-state index is -1.15. The Hall–Kier alpha value is -3.91. The number of fused-ring (bicyclic) bond motifs is 3. The minimum Gasteiger partial charge on any atom is -0.449 e. The highest BCUT2D eigenvalue weighted by Crippen LogP contribution is 2.31. The van der Waals surface area contributed by atoms with Crippen LogP contribution in [0, 0.1) is 10.1 Å². The number of nitrogens with zero attached hydrogens (tertiary/aromatic N) is 2. The van der Waals surface area contributed by atoms with Crippen molar-refractivity contribution in [2.75, 3.05) is 5.32 Å². The van der Waals surface area contributed by atoms with Gasteiger partial charge in [-0.1, -0.05) is 29.8 Å². The third-order valence-electron chi connectivity index (χ3n) is 5.39. The van der Waals surface area contributed by atoms with Gasteiger partial charge >= 0.3 is 5.97 Å². The molecular weight excluding hydrogens is 446 g/mol. The van der Waals surface area contributed by atoms with E-state index in [9.17, 15) is 19.7 Å². The van der Waals surface area contributed by atoms with Crippen LogP contribution in [0.25, 0.3) is 21.8 Å². The van der Waals surface area contributed by atoms with E-state index >= 15 is 0 Å². The predicted octanol–water partition coefficient (Wildman–Crippen LogP) is 5.56. The third kappa shape index (κ3) is 4.25. The quantitative estimate of drug-likeness (QED) is 0.228. The lowest BCUT2D eigenvalue weighted by molar-refractivity contribution is -0.384. The molecule has 0 spiro atoms. The maximum atomic E-state index is 12.7. The first-order valence-electron chi connectivity index (χ1n) is 10.3. The van der Waals surface area contributed by atoms with Crippen molar-refractivity contribution in [2.24, 2.45) is 0 Å². The highest BCUT2D eigenvalue weighted by atomic mass is 35.5. The molecule has 1 amide bonds. The average molecular weight is 466 g/mol. The van der Waals surface area contributed by atoms with Gasteiger partial charge in [-0.2, -0.15) is 0 Å². The normalized spacial score (nSPS) is 12.0. The second kappa shape index (κ2) is 8.91. The van der Waals surface area contributed by atoms with E-state index in [1.54, 1.807) is 6.07 Å². The molecule has 0 fully saturated rings. The summed E-state index contributed by atoms with van der Waals surface area (Å²) < 4.78 is 7.40. The van der Waals surface area contributed by atoms with Crippen LogP contribution in [-0.4, -0.2) is 27.5 Å². The summed E-state index contributed by atoms with van der Waals surface area (Å²) in [6, 6.07) is 17.1. The molecule has 0 saturated heterocycles. The lowest BCUT2D eigenvalue weighted by Crippen LogP contribution is -2.30. The molecular formula is C24H20ClN3O5. The number of hydrogen-bond donors (Lipinski definition) is 1. The average Bonchev–Trinajstić information content (AvgIpc) is 3.12. The number of nitro groups is 1. The molecule has 1 unspecified atom stereocenters. The van der Waals surface area contributed by atoms with Crippen LogP contribution >= 0.6 is 11.6 Å². The van der Waals surface area contributed by atoms with Crippen molar-refractivity contribution in [1.82, 2.24) is 4.57 Å². The van der Waals surface area contributed by atoms with E-state index in [1.165, 1.54) is 19.1 Å². The summed E-state index contributed by atoms with van der Waals surface area (Å²) >= 11 is 5.98. The molecule has 1 N–H and O–H groups in total. The van der Waals surface area contributed by atoms with Gasteiger partial charge in [0.15, 0.2) is 6.10 Å². The summed E-state index contributed by atoms with van der Waals surface area (Å²) in [4.78, 5) is 35.4. The smallest absolute Gasteiger partial charge is 0.340 e. The maximum absolute atomic E-state index is 12.7. The lowest BCUT2D eigenvalue weighted by Gasteiger charge is -2.14. The second-order valence-electron chi connectivity index (χ2n) is 7.45. The zero-order chi connectivity index (χ0) is 23.7. The molecule has 168 valence electrons. The number of nitrogens with one attached hydrogen (secondary N) is 1. The van der Waals surface area contributed by atoms with Gasteiger partial charge in [0.1, 0.15) is 0 Å². The van der Waals surface area contributed by atoms with Crippen molar-refractivity contribution in [3.63, 3.8) is 0 Å². The zero-order valence-corrected chi connectivity index (χ0v) is 18.6. The molecule has 0 radical (unpaired) electrons. The number of aryl methyl sites for hydroxylation is 1. The highest BCUT2D eigenvalue weighted by molar-refractivity contribution is 6.33. The number of esters is 1. The van der Waals surface area contributed by atoms with E-state index in [0.29, 0.717) is 5.69 Å². The molecule has 4 aromatic rings. The monoisotopic (exact) mass is 465 g/mol. The number of para-hydroxylation sites is 1. The second-order valence-corrected chi connectivity index (χ2v) is 7.86. The van der Waals surface area contributed by atoms with Crippen molar-refractivity contribution < 1.29 is 19.2 Å². The number of hydrogen-bond acceptors (Lipinski definition) is 5. The summed E-state index contributed by atoms with van der Waals surface area (Å²) in [6.45, 7) is 4.30. The molecule has 1 heterocycles. The van der Waals surface area contributed by atoms with Crippen LogP contribution in [-0.2, 0) is 16.1 Å². The summed E-state index contributed by atoms with van der Waals surface area (Å²) in [5.41, 5.74) is 2.23. The summed E-state index contributed by atoms with van der Waals surface area (Å²) in [6.07, 6.45) is -1.15. The number of amides is 1. The van der Waals surface area contributed by atoms with Crippen molar-refractivity contribution in [3.8, 4) is 0 Å². The van der Waals surface area contributed by atoms with Crippen LogP contribution in [0.3, 0.4) is 0 Å². The van der Waals surface area contributed by atoms with Crippen LogP contribution in [0.5, 0.6) is 0 Å². The fourth-order valence-corrected chi connectivity index (χ4v) is 3.97. The van der Waals surface area contributed by atoms with Crippen molar-refractivity contribution >= 4 is 56.7 Å². The number of aromatic nitrogens is 1. The number of carbonyl (C=O) groups is 2. The van der Waals surface area contributed by atoms with Crippen LogP contribution < -0.4 is 5.32 Å². The number of nitro benzene ring substituents is 1. The fourth-order valence-electron chi connectivity index (χ4n) is 3.78. The Morgan fingerprint density at radius 2 is 1.82 bits per heavy atom. The van der Waals surface area contributed by atoms with Crippen LogP contribution in [0.15, 0.2) is 60.7 Å². The summed E-state index contributed by atoms with van der Waals surface area (Å²) in [5.74, 6) is -1.46. The number of rotatable bonds is 6. The predicted molar refractivity (Wildman–Crippen MR) is 127 cm³/mol. The van der Waals surface area contributed by atoms with E-state index < -0.39 is 22.9 Å². The Bertz CT molecular complexity index is 1410. The Labute approximate surface area is 193 Å². The van der Waals surface area contributed by atoms with Gasteiger partial charge in [0, 0.05) is 46.2 Å². The van der Waals surface area contributed by atoms with Crippen molar-refractivity contribution in [2.45, 2.75) is 26.5 Å². The number of halogens is 1. The molecule has 9 heteroatoms. The van der Waals surface area contributed by atoms with E-state index in [0.717, 1.165) is 34.4 Å². The molecule has 3 aromatic carbocycles. The van der Waals surface area contributed by atoms with Crippen LogP contribution in [0.4, 0.5) is 11.4 Å². The SMILES string of the molecule is CCn1c2ccccc2c2cc(NC(=O)C(C)OC(=O)c3cc([N+](=O)[O-])ccc3Cl)ccc21. The molecule has 4 rings (SSSR count). The number of non-ortho nitro benzene ring substituents is 1. The maximum Gasteiger partial charge on any atom is 0.340 e. The molecule has 0 aliphatic heterocycles. The molecule has 1 aromatic heterocycles. The first-order valence-corrected chi connectivity index (χ1v) is 10.6. The standard InChI is InChI=1S/C24H20ClN3O5/c1-3-27-21-7-5-4-6-17(21)18-12-15(8-11-22(18)27)26-23(29)14(2)33-24(30)19-13-16(28(31)32)9-10-20(19)25/h4-14H,3H2,1-2H3,(H,26,29). The molecule has 0 saturated carbocycles. The summed E-state index contributed by atoms with van der Waals surface area (Å²) in [5, 5.41) is 15.8. The van der Waals surface area contributed by atoms with Gasteiger partial charge in [0.05, 0.1) is 15.5 Å². The molecule has 0 bridgehead atoms. The fraction of sp³-hybridized carbons (Fsp3) is 0.167. The number of carbonyl (C=O) groups excluding carboxylic acids is 2. The first-order chi connectivity index (χ1) is 15.8. The van der Waals surface area contributed by atoms with Crippen LogP contribution in [0.2, 0.25) is 5.02 Å². The molecule has 0 aliphatic carbocycles. The zero-order valence-electron chi connectivity index (χ0n) is 17.9.